The molecule has 3 N–H and O–H groups in total. The molecule has 0 radical (unpaired) electrons. The van der Waals surface area contributed by atoms with Gasteiger partial charge in [-0.1, -0.05) is 26.2 Å². The molecule has 3 atom stereocenters. The molecule has 1 aliphatic carbocycles. The average molecular weight is 303 g/mol. The Morgan fingerprint density at radius 2 is 2.05 bits per heavy atom. The number of aliphatic hydroxyl groups is 2. The van der Waals surface area contributed by atoms with Crippen LogP contribution in [0.25, 0.3) is 0 Å². The van der Waals surface area contributed by atoms with Gasteiger partial charge in [-0.25, -0.2) is 0 Å². The van der Waals surface area contributed by atoms with Crippen LogP contribution in [-0.2, 0) is 9.47 Å². The Balaban J connectivity index is 1.99. The van der Waals surface area contributed by atoms with Crippen LogP contribution in [0.1, 0.15) is 45.4 Å². The minimum Gasteiger partial charge on any atom is -0.394 e. The topological polar surface area (TPSA) is 71.0 Å². The van der Waals surface area contributed by atoms with Crippen molar-refractivity contribution < 1.29 is 19.7 Å². The highest BCUT2D eigenvalue weighted by Gasteiger charge is 2.24. The zero-order chi connectivity index (χ0) is 15.3. The van der Waals surface area contributed by atoms with E-state index < -0.39 is 6.10 Å². The van der Waals surface area contributed by atoms with Crippen molar-refractivity contribution in [1.29, 1.82) is 0 Å². The molecule has 0 aliphatic heterocycles. The lowest BCUT2D eigenvalue weighted by Crippen LogP contribution is -2.35. The summed E-state index contributed by atoms with van der Waals surface area (Å²) in [5, 5.41) is 21.7. The highest BCUT2D eigenvalue weighted by molar-refractivity contribution is 4.75. The zero-order valence-corrected chi connectivity index (χ0v) is 13.4. The lowest BCUT2D eigenvalue weighted by molar-refractivity contribution is -0.0499. The molecule has 0 aromatic heterocycles. The number of hydrogen-bond donors (Lipinski definition) is 3. The summed E-state index contributed by atoms with van der Waals surface area (Å²) < 4.78 is 11.1. The van der Waals surface area contributed by atoms with E-state index in [-0.39, 0.29) is 6.61 Å². The summed E-state index contributed by atoms with van der Waals surface area (Å²) in [4.78, 5) is 0. The van der Waals surface area contributed by atoms with Gasteiger partial charge in [0, 0.05) is 13.2 Å². The third-order valence-electron chi connectivity index (χ3n) is 4.12. The van der Waals surface area contributed by atoms with E-state index in [1.165, 1.54) is 25.7 Å². The standard InChI is InChI=1S/C16H33NO4/c1-2-14-6-3-4-7-16(14)21-13-15(19)12-17-8-5-10-20-11-9-18/h14-19H,2-13H2,1H3. The van der Waals surface area contributed by atoms with Crippen LogP contribution in [0.5, 0.6) is 0 Å². The summed E-state index contributed by atoms with van der Waals surface area (Å²) >= 11 is 0. The predicted molar refractivity (Wildman–Crippen MR) is 83.4 cm³/mol. The highest BCUT2D eigenvalue weighted by atomic mass is 16.5. The smallest absolute Gasteiger partial charge is 0.0897 e. The number of ether oxygens (including phenoxy) is 2. The third-order valence-corrected chi connectivity index (χ3v) is 4.12. The lowest BCUT2D eigenvalue weighted by atomic mass is 9.85. The van der Waals surface area contributed by atoms with Crippen LogP contribution in [0.2, 0.25) is 0 Å². The maximum atomic E-state index is 9.93. The van der Waals surface area contributed by atoms with Gasteiger partial charge in [0.2, 0.25) is 0 Å². The van der Waals surface area contributed by atoms with Crippen molar-refractivity contribution in [3.8, 4) is 0 Å². The molecule has 0 aromatic rings. The van der Waals surface area contributed by atoms with E-state index in [1.54, 1.807) is 0 Å². The van der Waals surface area contributed by atoms with Crippen molar-refractivity contribution in [3.63, 3.8) is 0 Å². The molecule has 126 valence electrons. The van der Waals surface area contributed by atoms with E-state index in [4.69, 9.17) is 14.6 Å². The Kier molecular flexibility index (Phi) is 11.1. The van der Waals surface area contributed by atoms with E-state index in [0.717, 1.165) is 19.4 Å². The van der Waals surface area contributed by atoms with E-state index in [2.05, 4.69) is 12.2 Å². The monoisotopic (exact) mass is 303 g/mol. The van der Waals surface area contributed by atoms with Crippen LogP contribution in [-0.4, -0.2) is 61.9 Å². The molecule has 0 amide bonds. The Bertz CT molecular complexity index is 240. The molecule has 0 bridgehead atoms. The van der Waals surface area contributed by atoms with Crippen LogP contribution in [0, 0.1) is 5.92 Å². The molecule has 1 aliphatic rings. The first-order valence-electron chi connectivity index (χ1n) is 8.46. The Morgan fingerprint density at radius 1 is 1.24 bits per heavy atom. The van der Waals surface area contributed by atoms with Crippen LogP contribution < -0.4 is 5.32 Å². The molecule has 1 rings (SSSR count). The largest absolute Gasteiger partial charge is 0.394 e. The Labute approximate surface area is 129 Å². The molecule has 5 heteroatoms. The first kappa shape index (κ1) is 18.8. The number of hydrogen-bond acceptors (Lipinski definition) is 5. The highest BCUT2D eigenvalue weighted by Crippen LogP contribution is 2.29. The van der Waals surface area contributed by atoms with Crippen molar-refractivity contribution in [3.05, 3.63) is 0 Å². The maximum Gasteiger partial charge on any atom is 0.0897 e. The second kappa shape index (κ2) is 12.4. The van der Waals surface area contributed by atoms with Crippen LogP contribution in [0.4, 0.5) is 0 Å². The van der Waals surface area contributed by atoms with Crippen LogP contribution >= 0.6 is 0 Å². The van der Waals surface area contributed by atoms with Crippen molar-refractivity contribution in [2.45, 2.75) is 57.7 Å². The van der Waals surface area contributed by atoms with E-state index in [1.807, 2.05) is 0 Å². The third kappa shape index (κ3) is 8.73. The summed E-state index contributed by atoms with van der Waals surface area (Å²) in [7, 11) is 0. The van der Waals surface area contributed by atoms with Crippen molar-refractivity contribution in [1.82, 2.24) is 5.32 Å². The maximum absolute atomic E-state index is 9.93. The molecule has 21 heavy (non-hydrogen) atoms. The van der Waals surface area contributed by atoms with Crippen LogP contribution in [0.15, 0.2) is 0 Å². The summed E-state index contributed by atoms with van der Waals surface area (Å²) in [5.41, 5.74) is 0. The molecule has 0 heterocycles. The summed E-state index contributed by atoms with van der Waals surface area (Å²) in [6.07, 6.45) is 6.93. The SMILES string of the molecule is CCC1CCCCC1OCC(O)CNCCCOCCO. The molecular formula is C16H33NO4. The van der Waals surface area contributed by atoms with Crippen molar-refractivity contribution in [2.24, 2.45) is 5.92 Å². The molecule has 1 fully saturated rings. The fourth-order valence-electron chi connectivity index (χ4n) is 2.89. The van der Waals surface area contributed by atoms with Crippen molar-refractivity contribution in [2.75, 3.05) is 39.5 Å². The molecule has 1 saturated carbocycles. The molecule has 5 nitrogen and oxygen atoms in total. The second-order valence-electron chi connectivity index (χ2n) is 5.87. The normalized spacial score (nSPS) is 24.1. The number of aliphatic hydroxyl groups excluding tert-OH is 2. The predicted octanol–water partition coefficient (Wildman–Crippen LogP) is 1.32. The van der Waals surface area contributed by atoms with Gasteiger partial charge in [0.25, 0.3) is 0 Å². The number of nitrogens with one attached hydrogen (secondary N) is 1. The van der Waals surface area contributed by atoms with Gasteiger partial charge in [-0.2, -0.15) is 0 Å². The van der Waals surface area contributed by atoms with Gasteiger partial charge >= 0.3 is 0 Å². The van der Waals surface area contributed by atoms with Crippen LogP contribution in [0.3, 0.4) is 0 Å². The molecule has 0 saturated heterocycles. The van der Waals surface area contributed by atoms with Gasteiger partial charge in [-0.15, -0.1) is 0 Å². The molecule has 0 aromatic carbocycles. The first-order chi connectivity index (χ1) is 10.3. The Hall–Kier alpha value is -0.200. The Morgan fingerprint density at radius 3 is 2.81 bits per heavy atom. The van der Waals surface area contributed by atoms with Gasteiger partial charge in [0.15, 0.2) is 0 Å². The van der Waals surface area contributed by atoms with E-state index in [9.17, 15) is 5.11 Å². The summed E-state index contributed by atoms with van der Waals surface area (Å²) in [5.74, 6) is 0.669. The second-order valence-corrected chi connectivity index (χ2v) is 5.87. The van der Waals surface area contributed by atoms with E-state index >= 15 is 0 Å². The minimum atomic E-state index is -0.442. The van der Waals surface area contributed by atoms with Gasteiger partial charge < -0.3 is 25.0 Å². The molecule has 0 spiro atoms. The van der Waals surface area contributed by atoms with Gasteiger partial charge in [-0.3, -0.25) is 0 Å². The van der Waals surface area contributed by atoms with Gasteiger partial charge in [-0.05, 0) is 31.7 Å². The minimum absolute atomic E-state index is 0.0728. The molecular weight excluding hydrogens is 270 g/mol. The van der Waals surface area contributed by atoms with Gasteiger partial charge in [0.05, 0.1) is 32.0 Å². The fourth-order valence-corrected chi connectivity index (χ4v) is 2.89. The lowest BCUT2D eigenvalue weighted by Gasteiger charge is -2.31. The number of rotatable bonds is 12. The van der Waals surface area contributed by atoms with Gasteiger partial charge in [0.1, 0.15) is 0 Å². The summed E-state index contributed by atoms with van der Waals surface area (Å²) in [6.45, 7) is 5.13. The van der Waals surface area contributed by atoms with Crippen molar-refractivity contribution >= 4 is 0 Å². The molecule has 3 unspecified atom stereocenters. The average Bonchev–Trinajstić information content (AvgIpc) is 2.52. The fraction of sp³-hybridized carbons (Fsp3) is 1.00. The zero-order valence-electron chi connectivity index (χ0n) is 13.4. The summed E-state index contributed by atoms with van der Waals surface area (Å²) in [6, 6.07) is 0. The van der Waals surface area contributed by atoms with E-state index in [0.29, 0.717) is 38.4 Å². The first-order valence-corrected chi connectivity index (χ1v) is 8.46. The quantitative estimate of drug-likeness (QED) is 0.474.